The van der Waals surface area contributed by atoms with Crippen LogP contribution in [0.25, 0.3) is 45.3 Å². The van der Waals surface area contributed by atoms with Crippen molar-refractivity contribution in [2.45, 2.75) is 107 Å². The van der Waals surface area contributed by atoms with Crippen molar-refractivity contribution in [1.29, 1.82) is 0 Å². The third-order valence-electron chi connectivity index (χ3n) is 9.48. The number of nitrogens with one attached hydrogen (secondary N) is 3. The molecule has 0 amide bonds. The van der Waals surface area contributed by atoms with Gasteiger partial charge in [-0.05, 0) is 109 Å². The van der Waals surface area contributed by atoms with E-state index in [-0.39, 0.29) is 6.54 Å². The van der Waals surface area contributed by atoms with Gasteiger partial charge in [0, 0.05) is 27.6 Å². The fourth-order valence-corrected chi connectivity index (χ4v) is 7.56. The molecule has 232 valence electrons. The SMILES string of the molecule is CCc1c(CC)c2[nH]c1cc1nc(c(CC)c3[nH]c(c(CC)c3CC)c(CC)c3[nH]c(c(CC)c3CC)/c2=N\CC=O)C=C1. The lowest BCUT2D eigenvalue weighted by Crippen LogP contribution is -2.09. The standard InChI is InChI=1S/C38H49N5O/c1-9-23-24(10-2)36-38(39-19-20-44)37-28(14-6)27(13-5)35(43-37)30(16-8)34-26(12-4)25(11-3)33(42-34)29(15-7)31-18-17-22(40-31)21-32(23)41-36/h17-18,20-21,41-43H,9-16,19H2,1-8H3/b22-21?,33-29?,34-30?,39-38-. The van der Waals surface area contributed by atoms with E-state index in [2.05, 4.69) is 88.6 Å². The van der Waals surface area contributed by atoms with Crippen molar-refractivity contribution in [3.63, 3.8) is 0 Å². The molecule has 44 heavy (non-hydrogen) atoms. The summed E-state index contributed by atoms with van der Waals surface area (Å²) in [7, 11) is 0. The highest BCUT2D eigenvalue weighted by atomic mass is 16.1. The Bertz CT molecular complexity index is 1950. The molecule has 0 saturated carbocycles. The number of aryl methyl sites for hydroxylation is 8. The summed E-state index contributed by atoms with van der Waals surface area (Å²) in [6.45, 7) is 18.1. The summed E-state index contributed by atoms with van der Waals surface area (Å²) < 4.78 is 0. The van der Waals surface area contributed by atoms with Crippen LogP contribution in [0, 0.1) is 0 Å². The van der Waals surface area contributed by atoms with Crippen LogP contribution < -0.4 is 5.36 Å². The van der Waals surface area contributed by atoms with Crippen molar-refractivity contribution in [2.75, 3.05) is 6.54 Å². The Morgan fingerprint density at radius 3 is 1.55 bits per heavy atom. The number of hydrogen-bond donors (Lipinski definition) is 3. The average Bonchev–Trinajstić information content (AvgIpc) is 3.81. The predicted octanol–water partition coefficient (Wildman–Crippen LogP) is 8.29. The van der Waals surface area contributed by atoms with E-state index in [1.54, 1.807) is 0 Å². The number of aromatic amines is 3. The van der Waals surface area contributed by atoms with Gasteiger partial charge < -0.3 is 19.7 Å². The van der Waals surface area contributed by atoms with Crippen LogP contribution in [0.15, 0.2) is 11.1 Å². The Labute approximate surface area is 261 Å². The van der Waals surface area contributed by atoms with Gasteiger partial charge >= 0.3 is 0 Å². The van der Waals surface area contributed by atoms with Gasteiger partial charge in [0.05, 0.1) is 29.0 Å². The third-order valence-corrected chi connectivity index (χ3v) is 9.48. The maximum Gasteiger partial charge on any atom is 0.141 e. The van der Waals surface area contributed by atoms with Gasteiger partial charge in [0.25, 0.3) is 0 Å². The highest BCUT2D eigenvalue weighted by Gasteiger charge is 2.20. The number of rotatable bonds is 10. The lowest BCUT2D eigenvalue weighted by atomic mass is 9.98. The molecule has 0 fully saturated rings. The summed E-state index contributed by atoms with van der Waals surface area (Å²) >= 11 is 0. The van der Waals surface area contributed by atoms with Crippen molar-refractivity contribution in [3.05, 3.63) is 67.3 Å². The maximum absolute atomic E-state index is 11.7. The van der Waals surface area contributed by atoms with Gasteiger partial charge in [0.2, 0.25) is 0 Å². The number of aromatic nitrogens is 4. The van der Waals surface area contributed by atoms with Crippen molar-refractivity contribution < 1.29 is 4.79 Å². The molecule has 0 saturated heterocycles. The lowest BCUT2D eigenvalue weighted by molar-refractivity contribution is -0.106. The minimum atomic E-state index is 0.116. The molecule has 6 heteroatoms. The Morgan fingerprint density at radius 1 is 0.568 bits per heavy atom. The van der Waals surface area contributed by atoms with E-state index in [0.29, 0.717) is 0 Å². The summed E-state index contributed by atoms with van der Waals surface area (Å²) in [5.74, 6) is 0. The smallest absolute Gasteiger partial charge is 0.141 e. The first-order chi connectivity index (χ1) is 21.4. The number of fused-ring (bicyclic) bond motifs is 8. The van der Waals surface area contributed by atoms with E-state index in [0.717, 1.165) is 90.9 Å². The fourth-order valence-electron chi connectivity index (χ4n) is 7.56. The maximum atomic E-state index is 11.7. The quantitative estimate of drug-likeness (QED) is 0.143. The zero-order valence-electron chi connectivity index (χ0n) is 28.0. The van der Waals surface area contributed by atoms with E-state index in [9.17, 15) is 4.79 Å². The number of hydrogen-bond acceptors (Lipinski definition) is 3. The molecule has 0 aliphatic carbocycles. The zero-order chi connectivity index (χ0) is 31.5. The number of carbonyl (C=O) groups excluding carboxylic acids is 1. The normalized spacial score (nSPS) is 12.6. The van der Waals surface area contributed by atoms with E-state index < -0.39 is 0 Å². The molecule has 5 rings (SSSR count). The molecule has 5 heterocycles. The van der Waals surface area contributed by atoms with Crippen LogP contribution in [0.4, 0.5) is 0 Å². The number of aldehydes is 1. The molecule has 8 bridgehead atoms. The molecule has 0 spiro atoms. The van der Waals surface area contributed by atoms with Crippen molar-refractivity contribution in [3.8, 4) is 0 Å². The molecule has 0 aromatic carbocycles. The molecule has 3 N–H and O–H groups in total. The van der Waals surface area contributed by atoms with Crippen LogP contribution in [0.2, 0.25) is 0 Å². The van der Waals surface area contributed by atoms with Crippen LogP contribution in [-0.4, -0.2) is 32.8 Å². The molecular weight excluding hydrogens is 542 g/mol. The Morgan fingerprint density at radius 2 is 1.02 bits per heavy atom. The molecule has 4 aromatic heterocycles. The molecule has 0 atom stereocenters. The van der Waals surface area contributed by atoms with E-state index in [1.165, 1.54) is 61.1 Å². The van der Waals surface area contributed by atoms with Crippen molar-refractivity contribution >= 4 is 51.5 Å². The minimum Gasteiger partial charge on any atom is -0.354 e. The largest absolute Gasteiger partial charge is 0.354 e. The van der Waals surface area contributed by atoms with Crippen LogP contribution in [0.3, 0.4) is 0 Å². The van der Waals surface area contributed by atoms with Gasteiger partial charge in [0.15, 0.2) is 0 Å². The molecule has 0 unspecified atom stereocenters. The number of nitrogens with zero attached hydrogens (tertiary/aromatic N) is 2. The van der Waals surface area contributed by atoms with Crippen LogP contribution in [-0.2, 0) is 56.2 Å². The Hall–Kier alpha value is -3.93. The summed E-state index contributed by atoms with van der Waals surface area (Å²) in [4.78, 5) is 33.6. The summed E-state index contributed by atoms with van der Waals surface area (Å²) in [5, 5.41) is 0.846. The van der Waals surface area contributed by atoms with Gasteiger partial charge in [-0.1, -0.05) is 55.4 Å². The second-order valence-electron chi connectivity index (χ2n) is 11.6. The lowest BCUT2D eigenvalue weighted by Gasteiger charge is -2.05. The molecule has 6 nitrogen and oxygen atoms in total. The first kappa shape index (κ1) is 31.5. The van der Waals surface area contributed by atoms with Gasteiger partial charge in [-0.25, -0.2) is 4.98 Å². The third kappa shape index (κ3) is 5.12. The highest BCUT2D eigenvalue weighted by Crippen LogP contribution is 2.33. The molecular formula is C38H49N5O. The van der Waals surface area contributed by atoms with E-state index in [1.807, 2.05) is 0 Å². The Balaban J connectivity index is 2.21. The van der Waals surface area contributed by atoms with Gasteiger partial charge in [-0.15, -0.1) is 0 Å². The number of H-pyrrole nitrogens is 3. The van der Waals surface area contributed by atoms with Crippen LogP contribution >= 0.6 is 0 Å². The summed E-state index contributed by atoms with van der Waals surface area (Å²) in [6, 6.07) is 2.18. The molecule has 1 aliphatic heterocycles. The Kier molecular flexibility index (Phi) is 9.57. The molecule has 1 aliphatic rings. The van der Waals surface area contributed by atoms with Gasteiger partial charge in [-0.2, -0.15) is 0 Å². The summed E-state index contributed by atoms with van der Waals surface area (Å²) in [6.07, 6.45) is 12.4. The van der Waals surface area contributed by atoms with Gasteiger partial charge in [-0.3, -0.25) is 4.99 Å². The highest BCUT2D eigenvalue weighted by molar-refractivity contribution is 5.87. The van der Waals surface area contributed by atoms with Crippen molar-refractivity contribution in [2.24, 2.45) is 4.99 Å². The first-order valence-electron chi connectivity index (χ1n) is 16.9. The average molecular weight is 592 g/mol. The topological polar surface area (TPSA) is 89.7 Å². The molecule has 4 aromatic rings. The zero-order valence-corrected chi connectivity index (χ0v) is 28.0. The van der Waals surface area contributed by atoms with Crippen molar-refractivity contribution in [1.82, 2.24) is 19.9 Å². The second-order valence-corrected chi connectivity index (χ2v) is 11.6. The fraction of sp³-hybridized carbons (Fsp3) is 0.447. The van der Waals surface area contributed by atoms with Gasteiger partial charge in [0.1, 0.15) is 11.6 Å². The predicted molar refractivity (Wildman–Crippen MR) is 187 cm³/mol. The van der Waals surface area contributed by atoms with Crippen LogP contribution in [0.1, 0.15) is 111 Å². The summed E-state index contributed by atoms with van der Waals surface area (Å²) in [5.41, 5.74) is 19.3. The monoisotopic (exact) mass is 591 g/mol. The minimum absolute atomic E-state index is 0.116. The van der Waals surface area contributed by atoms with E-state index in [4.69, 9.17) is 9.98 Å². The van der Waals surface area contributed by atoms with Crippen LogP contribution in [0.5, 0.6) is 0 Å². The first-order valence-corrected chi connectivity index (χ1v) is 16.9. The second kappa shape index (κ2) is 13.4. The molecule has 0 radical (unpaired) electrons. The number of carbonyl (C=O) groups is 1. The van der Waals surface area contributed by atoms with E-state index >= 15 is 0 Å².